The van der Waals surface area contributed by atoms with Gasteiger partial charge in [-0.25, -0.2) is 9.59 Å². The molecule has 6 aromatic rings. The summed E-state index contributed by atoms with van der Waals surface area (Å²) in [6.45, 7) is 1.17. The summed E-state index contributed by atoms with van der Waals surface area (Å²) in [6, 6.07) is 52.1. The minimum Gasteiger partial charge on any atom is -0.453 e. The Labute approximate surface area is 386 Å². The van der Waals surface area contributed by atoms with Crippen LogP contribution < -0.4 is 26.6 Å². The van der Waals surface area contributed by atoms with E-state index in [9.17, 15) is 19.2 Å². The fourth-order valence-corrected chi connectivity index (χ4v) is 8.60. The highest BCUT2D eigenvalue weighted by Crippen LogP contribution is 2.32. The lowest BCUT2D eigenvalue weighted by molar-refractivity contribution is -0.119. The highest BCUT2D eigenvalue weighted by molar-refractivity contribution is 5.99. The Morgan fingerprint density at radius 3 is 1.26 bits per heavy atom. The van der Waals surface area contributed by atoms with Gasteiger partial charge in [-0.15, -0.1) is 0 Å². The number of amides is 4. The maximum Gasteiger partial charge on any atom is 0.407 e. The van der Waals surface area contributed by atoms with Gasteiger partial charge >= 0.3 is 12.2 Å². The maximum atomic E-state index is 14.2. The van der Waals surface area contributed by atoms with Crippen molar-refractivity contribution in [3.05, 3.63) is 203 Å². The number of methoxy groups -OCH3 is 2. The van der Waals surface area contributed by atoms with Crippen LogP contribution in [0.15, 0.2) is 170 Å². The number of anilines is 2. The summed E-state index contributed by atoms with van der Waals surface area (Å²) in [6.07, 6.45) is 1.36. The molecule has 1 heterocycles. The molecular weight excluding hydrogens is 831 g/mol. The van der Waals surface area contributed by atoms with Crippen molar-refractivity contribution in [3.8, 4) is 0 Å². The van der Waals surface area contributed by atoms with Gasteiger partial charge in [0.25, 0.3) is 0 Å². The Bertz CT molecular complexity index is 2230. The van der Waals surface area contributed by atoms with Crippen molar-refractivity contribution in [1.82, 2.24) is 16.0 Å². The van der Waals surface area contributed by atoms with E-state index in [4.69, 9.17) is 14.2 Å². The number of morpholine rings is 1. The van der Waals surface area contributed by atoms with Gasteiger partial charge in [0.15, 0.2) is 0 Å². The highest BCUT2D eigenvalue weighted by atomic mass is 16.5. The van der Waals surface area contributed by atoms with Crippen molar-refractivity contribution in [1.29, 1.82) is 0 Å². The molecule has 0 aliphatic carbocycles. The first-order valence-electron chi connectivity index (χ1n) is 22.3. The van der Waals surface area contributed by atoms with Gasteiger partial charge in [0.1, 0.15) is 12.1 Å². The van der Waals surface area contributed by atoms with Crippen molar-refractivity contribution in [2.75, 3.05) is 38.0 Å². The summed E-state index contributed by atoms with van der Waals surface area (Å²) < 4.78 is 16.3. The van der Waals surface area contributed by atoms with Crippen molar-refractivity contribution in [2.24, 2.45) is 0 Å². The number of carbonyl (C=O) groups is 4. The molecule has 0 spiro atoms. The molecule has 0 unspecified atom stereocenters. The number of aryl methyl sites for hydroxylation is 2. The molecule has 1 aliphatic heterocycles. The third-order valence-electron chi connectivity index (χ3n) is 12.0. The number of carbonyl (C=O) groups excluding carboxylic acids is 4. The van der Waals surface area contributed by atoms with Gasteiger partial charge < -0.3 is 40.8 Å². The lowest BCUT2D eigenvalue weighted by atomic mass is 9.84. The number of para-hydroxylation sites is 2. The van der Waals surface area contributed by atoms with Crippen molar-refractivity contribution in [2.45, 2.75) is 61.7 Å². The molecule has 340 valence electrons. The van der Waals surface area contributed by atoms with Gasteiger partial charge in [0.2, 0.25) is 11.8 Å². The largest absolute Gasteiger partial charge is 0.453 e. The molecule has 0 saturated carbocycles. The van der Waals surface area contributed by atoms with Crippen LogP contribution in [0.4, 0.5) is 21.0 Å². The summed E-state index contributed by atoms with van der Waals surface area (Å²) in [7, 11) is 2.56. The molecular formula is C54H57N5O7. The van der Waals surface area contributed by atoms with E-state index >= 15 is 0 Å². The highest BCUT2D eigenvalue weighted by Gasteiger charge is 2.35. The minimum atomic E-state index is -0.978. The average molecular weight is 888 g/mol. The van der Waals surface area contributed by atoms with Crippen LogP contribution in [0.1, 0.15) is 58.1 Å². The lowest BCUT2D eigenvalue weighted by Crippen LogP contribution is -2.48. The van der Waals surface area contributed by atoms with E-state index in [-0.39, 0.29) is 24.0 Å². The normalized spacial score (nSPS) is 15.5. The molecule has 12 heteroatoms. The van der Waals surface area contributed by atoms with Crippen molar-refractivity contribution < 1.29 is 33.4 Å². The molecule has 66 heavy (non-hydrogen) atoms. The van der Waals surface area contributed by atoms with Gasteiger partial charge in [0, 0.05) is 35.8 Å². The predicted octanol–water partition coefficient (Wildman–Crippen LogP) is 8.60. The Morgan fingerprint density at radius 1 is 0.530 bits per heavy atom. The minimum absolute atomic E-state index is 0.0488. The van der Waals surface area contributed by atoms with E-state index in [0.717, 1.165) is 46.2 Å². The second-order valence-electron chi connectivity index (χ2n) is 16.3. The Balaban J connectivity index is 0.960. The fourth-order valence-electron chi connectivity index (χ4n) is 8.60. The smallest absolute Gasteiger partial charge is 0.407 e. The van der Waals surface area contributed by atoms with Crippen LogP contribution in [0.5, 0.6) is 0 Å². The summed E-state index contributed by atoms with van der Waals surface area (Å²) in [5.74, 6) is -1.70. The Kier molecular flexibility index (Phi) is 16.7. The van der Waals surface area contributed by atoms with E-state index < -0.39 is 36.1 Å². The molecule has 0 radical (unpaired) electrons. The summed E-state index contributed by atoms with van der Waals surface area (Å²) in [5, 5.41) is 15.5. The zero-order chi connectivity index (χ0) is 46.1. The number of alkyl carbamates (subject to hydrolysis) is 2. The van der Waals surface area contributed by atoms with E-state index in [1.807, 2.05) is 170 Å². The molecule has 6 aromatic carbocycles. The number of hydrogen-bond donors (Lipinski definition) is 5. The third kappa shape index (κ3) is 12.5. The van der Waals surface area contributed by atoms with Crippen LogP contribution in [0.25, 0.3) is 0 Å². The topological polar surface area (TPSA) is 156 Å². The molecule has 7 rings (SSSR count). The van der Waals surface area contributed by atoms with E-state index in [0.29, 0.717) is 37.4 Å². The number of rotatable bonds is 18. The van der Waals surface area contributed by atoms with E-state index in [1.165, 1.54) is 14.2 Å². The van der Waals surface area contributed by atoms with E-state index in [2.05, 4.69) is 26.6 Å². The molecule has 0 bridgehead atoms. The van der Waals surface area contributed by atoms with Crippen LogP contribution in [0.3, 0.4) is 0 Å². The second kappa shape index (κ2) is 23.6. The van der Waals surface area contributed by atoms with Gasteiger partial charge in [-0.2, -0.15) is 0 Å². The van der Waals surface area contributed by atoms with Crippen LogP contribution in [0.2, 0.25) is 0 Å². The first kappa shape index (κ1) is 46.7. The summed E-state index contributed by atoms with van der Waals surface area (Å²) in [5.41, 5.74) is 6.74. The maximum absolute atomic E-state index is 14.2. The number of ether oxygens (including phenoxy) is 3. The first-order valence-corrected chi connectivity index (χ1v) is 22.3. The quantitative estimate of drug-likeness (QED) is 0.0575. The zero-order valence-corrected chi connectivity index (χ0v) is 37.2. The Hall–Kier alpha value is -7.28. The molecule has 4 atom stereocenters. The molecule has 0 aromatic heterocycles. The molecule has 1 fully saturated rings. The second-order valence-corrected chi connectivity index (χ2v) is 16.3. The molecule has 12 nitrogen and oxygen atoms in total. The van der Waals surface area contributed by atoms with Gasteiger partial charge in [0.05, 0.1) is 26.9 Å². The lowest BCUT2D eigenvalue weighted by Gasteiger charge is -2.31. The monoisotopic (exact) mass is 887 g/mol. The number of hydrogen-bond acceptors (Lipinski definition) is 8. The molecule has 4 amide bonds. The third-order valence-corrected chi connectivity index (χ3v) is 12.0. The average Bonchev–Trinajstić information content (AvgIpc) is 3.37. The van der Waals surface area contributed by atoms with Gasteiger partial charge in [-0.3, -0.25) is 9.59 Å². The fraction of sp³-hybridized carbons (Fsp3) is 0.259. The van der Waals surface area contributed by atoms with Crippen LogP contribution in [-0.4, -0.2) is 75.6 Å². The van der Waals surface area contributed by atoms with Gasteiger partial charge in [-0.05, 0) is 71.2 Å². The van der Waals surface area contributed by atoms with Crippen molar-refractivity contribution in [3.63, 3.8) is 0 Å². The molecule has 5 N–H and O–H groups in total. The summed E-state index contributed by atoms with van der Waals surface area (Å²) in [4.78, 5) is 53.8. The number of benzene rings is 6. The standard InChI is InChI=1S/C54H57N5O7/c1-64-53(62)58-49(47(39-21-7-3-8-22-39)40-23-9-4-10-24-40)51(60)56-45-29-17-15-19-37(45)31-33-43-36-66-44(35-55-43)34-32-38-20-16-18-30-46(38)57-52(61)50(59-54(63)65-2)48(41-25-11-5-12-26-41)42-27-13-6-14-28-42/h3-30,43-44,47-50,55H,31-36H2,1-2H3,(H,56,60)(H,57,61)(H,58,62)(H,59,63)/t43-,44-,49+,50+/m1/s1. The van der Waals surface area contributed by atoms with Crippen LogP contribution in [-0.2, 0) is 36.6 Å². The number of nitrogens with one attached hydrogen (secondary N) is 5. The van der Waals surface area contributed by atoms with E-state index in [1.54, 1.807) is 0 Å². The van der Waals surface area contributed by atoms with Crippen molar-refractivity contribution >= 4 is 35.4 Å². The first-order chi connectivity index (χ1) is 32.3. The molecule has 1 saturated heterocycles. The van der Waals surface area contributed by atoms with Crippen LogP contribution >= 0.6 is 0 Å². The van der Waals surface area contributed by atoms with Crippen LogP contribution in [0, 0.1) is 0 Å². The SMILES string of the molecule is COC(=O)N[C@H](C(=O)Nc1ccccc1CC[C@@H]1CO[C@H](CCc2ccccc2NC(=O)[C@@H](NC(=O)OC)C(c2ccccc2)c2ccccc2)CN1)C(c1ccccc1)c1ccccc1. The molecule has 1 aliphatic rings. The van der Waals surface area contributed by atoms with Gasteiger partial charge in [-0.1, -0.05) is 158 Å². The summed E-state index contributed by atoms with van der Waals surface area (Å²) >= 11 is 0. The predicted molar refractivity (Wildman–Crippen MR) is 256 cm³/mol. The Morgan fingerprint density at radius 2 is 0.894 bits per heavy atom. The zero-order valence-electron chi connectivity index (χ0n) is 37.2.